The Morgan fingerprint density at radius 1 is 0.800 bits per heavy atom. The number of unbranched alkanes of at least 4 members (excludes halogenated alkanes) is 5. The third-order valence-corrected chi connectivity index (χ3v) is 2.58. The van der Waals surface area contributed by atoms with E-state index >= 15 is 0 Å². The van der Waals surface area contributed by atoms with Gasteiger partial charge >= 0.3 is 5.97 Å². The van der Waals surface area contributed by atoms with Gasteiger partial charge < -0.3 is 5.11 Å². The molecule has 0 heterocycles. The predicted molar refractivity (Wildman–Crippen MR) is 82.8 cm³/mol. The van der Waals surface area contributed by atoms with Crippen LogP contribution in [0.3, 0.4) is 0 Å². The zero-order valence-corrected chi connectivity index (χ0v) is 12.4. The van der Waals surface area contributed by atoms with E-state index < -0.39 is 5.97 Å². The average Bonchev–Trinajstić information content (AvgIpc) is 2.43. The summed E-state index contributed by atoms with van der Waals surface area (Å²) in [6, 6.07) is 0. The summed E-state index contributed by atoms with van der Waals surface area (Å²) >= 11 is 0. The van der Waals surface area contributed by atoms with Crippen molar-refractivity contribution in [2.75, 3.05) is 0 Å². The van der Waals surface area contributed by atoms with E-state index in [0.717, 1.165) is 19.3 Å². The molecule has 0 unspecified atom stereocenters. The van der Waals surface area contributed by atoms with E-state index in [0.29, 0.717) is 19.3 Å². The molecule has 0 aromatic carbocycles. The SMILES string of the molecule is CCCCCC#CCC#CCC#CCCCCC(=O)O. The predicted octanol–water partition coefficient (Wildman–Crippen LogP) is 4.00. The van der Waals surface area contributed by atoms with Gasteiger partial charge in [-0.1, -0.05) is 43.4 Å². The quantitative estimate of drug-likeness (QED) is 0.562. The van der Waals surface area contributed by atoms with Crippen LogP contribution < -0.4 is 0 Å². The Morgan fingerprint density at radius 3 is 1.80 bits per heavy atom. The van der Waals surface area contributed by atoms with Crippen LogP contribution in [-0.4, -0.2) is 11.1 Å². The number of rotatable bonds is 7. The number of carboxylic acids is 1. The van der Waals surface area contributed by atoms with Gasteiger partial charge in [0.1, 0.15) is 0 Å². The molecule has 0 rings (SSSR count). The fourth-order valence-electron chi connectivity index (χ4n) is 1.47. The Kier molecular flexibility index (Phi) is 13.8. The summed E-state index contributed by atoms with van der Waals surface area (Å²) < 4.78 is 0. The molecule has 0 radical (unpaired) electrons. The van der Waals surface area contributed by atoms with E-state index in [4.69, 9.17) is 5.11 Å². The van der Waals surface area contributed by atoms with Crippen LogP contribution in [0.15, 0.2) is 0 Å². The number of carboxylic acid groups (broad SMARTS) is 1. The van der Waals surface area contributed by atoms with E-state index in [1.165, 1.54) is 19.3 Å². The maximum absolute atomic E-state index is 10.3. The van der Waals surface area contributed by atoms with E-state index in [1.807, 2.05) is 0 Å². The summed E-state index contributed by atoms with van der Waals surface area (Å²) in [5.74, 6) is 17.4. The molecule has 0 aliphatic carbocycles. The monoisotopic (exact) mass is 272 g/mol. The normalized spacial score (nSPS) is 8.45. The molecule has 0 aliphatic heterocycles. The highest BCUT2D eigenvalue weighted by atomic mass is 16.4. The Balaban J connectivity index is 3.46. The first-order valence-electron chi connectivity index (χ1n) is 7.36. The van der Waals surface area contributed by atoms with Crippen LogP contribution in [0.2, 0.25) is 0 Å². The summed E-state index contributed by atoms with van der Waals surface area (Å²) in [7, 11) is 0. The second-order valence-corrected chi connectivity index (χ2v) is 4.47. The summed E-state index contributed by atoms with van der Waals surface area (Å²) in [4.78, 5) is 10.3. The molecule has 108 valence electrons. The average molecular weight is 272 g/mol. The van der Waals surface area contributed by atoms with Gasteiger partial charge in [0, 0.05) is 19.3 Å². The Morgan fingerprint density at radius 2 is 1.30 bits per heavy atom. The fraction of sp³-hybridized carbons (Fsp3) is 0.611. The molecule has 0 aliphatic rings. The van der Waals surface area contributed by atoms with Crippen LogP contribution >= 0.6 is 0 Å². The van der Waals surface area contributed by atoms with Gasteiger partial charge in [0.25, 0.3) is 0 Å². The molecule has 0 saturated carbocycles. The molecule has 0 aromatic rings. The van der Waals surface area contributed by atoms with Crippen LogP contribution in [0.5, 0.6) is 0 Å². The van der Waals surface area contributed by atoms with Crippen molar-refractivity contribution >= 4 is 5.97 Å². The molecule has 2 nitrogen and oxygen atoms in total. The highest BCUT2D eigenvalue weighted by Gasteiger charge is 1.93. The second kappa shape index (κ2) is 15.2. The van der Waals surface area contributed by atoms with Crippen molar-refractivity contribution in [1.29, 1.82) is 0 Å². The number of hydrogen-bond donors (Lipinski definition) is 1. The Hall–Kier alpha value is -1.85. The van der Waals surface area contributed by atoms with E-state index in [1.54, 1.807) is 0 Å². The minimum Gasteiger partial charge on any atom is -0.481 e. The Bertz CT molecular complexity index is 429. The van der Waals surface area contributed by atoms with Crippen molar-refractivity contribution < 1.29 is 9.90 Å². The minimum atomic E-state index is -0.736. The molecular weight excluding hydrogens is 248 g/mol. The number of aliphatic carboxylic acids is 1. The van der Waals surface area contributed by atoms with Crippen LogP contribution in [0.1, 0.15) is 71.1 Å². The van der Waals surface area contributed by atoms with Gasteiger partial charge in [0.15, 0.2) is 0 Å². The van der Waals surface area contributed by atoms with Crippen molar-refractivity contribution in [3.63, 3.8) is 0 Å². The highest BCUT2D eigenvalue weighted by Crippen LogP contribution is 1.98. The van der Waals surface area contributed by atoms with Crippen LogP contribution in [-0.2, 0) is 4.79 Å². The van der Waals surface area contributed by atoms with E-state index in [9.17, 15) is 4.79 Å². The fourth-order valence-corrected chi connectivity index (χ4v) is 1.47. The van der Waals surface area contributed by atoms with Gasteiger partial charge in [-0.25, -0.2) is 0 Å². The van der Waals surface area contributed by atoms with Crippen molar-refractivity contribution in [1.82, 2.24) is 0 Å². The molecule has 0 atom stereocenters. The smallest absolute Gasteiger partial charge is 0.303 e. The van der Waals surface area contributed by atoms with Crippen LogP contribution in [0, 0.1) is 35.5 Å². The first-order chi connectivity index (χ1) is 9.77. The zero-order chi connectivity index (χ0) is 14.9. The van der Waals surface area contributed by atoms with E-state index in [2.05, 4.69) is 42.4 Å². The van der Waals surface area contributed by atoms with Crippen LogP contribution in [0.4, 0.5) is 0 Å². The lowest BCUT2D eigenvalue weighted by atomic mass is 10.2. The van der Waals surface area contributed by atoms with Gasteiger partial charge in [-0.05, 0) is 19.3 Å². The molecule has 20 heavy (non-hydrogen) atoms. The van der Waals surface area contributed by atoms with E-state index in [-0.39, 0.29) is 6.42 Å². The molecule has 1 N–H and O–H groups in total. The summed E-state index contributed by atoms with van der Waals surface area (Å²) in [6.07, 6.45) is 8.39. The molecule has 0 spiro atoms. The van der Waals surface area contributed by atoms with Crippen LogP contribution in [0.25, 0.3) is 0 Å². The van der Waals surface area contributed by atoms with Gasteiger partial charge in [-0.2, -0.15) is 0 Å². The molecule has 0 amide bonds. The van der Waals surface area contributed by atoms with Gasteiger partial charge in [-0.3, -0.25) is 4.79 Å². The molecule has 0 saturated heterocycles. The molecule has 0 bridgehead atoms. The third kappa shape index (κ3) is 16.1. The lowest BCUT2D eigenvalue weighted by Crippen LogP contribution is -1.92. The lowest BCUT2D eigenvalue weighted by Gasteiger charge is -1.90. The molecular formula is C18H24O2. The standard InChI is InChI=1S/C18H24O2/c1-2-3-4-5-6-7-8-9-10-11-12-13-14-15-16-17-18(19)20/h2-5,8,11,14-17H2,1H3,(H,19,20). The maximum atomic E-state index is 10.3. The maximum Gasteiger partial charge on any atom is 0.303 e. The van der Waals surface area contributed by atoms with Crippen molar-refractivity contribution in [3.8, 4) is 35.5 Å². The second-order valence-electron chi connectivity index (χ2n) is 4.47. The Labute approximate surface area is 123 Å². The van der Waals surface area contributed by atoms with Crippen molar-refractivity contribution in [2.24, 2.45) is 0 Å². The number of hydrogen-bond acceptors (Lipinski definition) is 1. The van der Waals surface area contributed by atoms with Gasteiger partial charge in [-0.15, -0.1) is 11.8 Å². The van der Waals surface area contributed by atoms with Gasteiger partial charge in [0.2, 0.25) is 0 Å². The first kappa shape index (κ1) is 18.1. The zero-order valence-electron chi connectivity index (χ0n) is 12.4. The highest BCUT2D eigenvalue weighted by molar-refractivity contribution is 5.66. The van der Waals surface area contributed by atoms with Crippen molar-refractivity contribution in [2.45, 2.75) is 71.1 Å². The summed E-state index contributed by atoms with van der Waals surface area (Å²) in [6.45, 7) is 2.19. The largest absolute Gasteiger partial charge is 0.481 e. The minimum absolute atomic E-state index is 0.235. The van der Waals surface area contributed by atoms with Gasteiger partial charge in [0.05, 0.1) is 12.8 Å². The van der Waals surface area contributed by atoms with Crippen molar-refractivity contribution in [3.05, 3.63) is 0 Å². The summed E-state index contributed by atoms with van der Waals surface area (Å²) in [5, 5.41) is 8.45. The first-order valence-corrected chi connectivity index (χ1v) is 7.36. The molecule has 2 heteroatoms. The third-order valence-electron chi connectivity index (χ3n) is 2.58. The summed E-state index contributed by atoms with van der Waals surface area (Å²) in [5.41, 5.74) is 0. The molecule has 0 aromatic heterocycles. The number of carbonyl (C=O) groups is 1. The molecule has 0 fully saturated rings. The topological polar surface area (TPSA) is 37.3 Å². The lowest BCUT2D eigenvalue weighted by molar-refractivity contribution is -0.137.